The van der Waals surface area contributed by atoms with Crippen molar-refractivity contribution in [2.45, 2.75) is 25.3 Å². The zero-order chi connectivity index (χ0) is 17.8. The van der Waals surface area contributed by atoms with Crippen LogP contribution in [0.15, 0.2) is 24.3 Å². The summed E-state index contributed by atoms with van der Waals surface area (Å²) >= 11 is 0. The highest BCUT2D eigenvalue weighted by molar-refractivity contribution is 5.42. The van der Waals surface area contributed by atoms with Crippen molar-refractivity contribution in [1.82, 2.24) is 9.97 Å². The van der Waals surface area contributed by atoms with Crippen LogP contribution in [0.3, 0.4) is 0 Å². The Balaban J connectivity index is 1.84. The monoisotopic (exact) mass is 349 g/mol. The van der Waals surface area contributed by atoms with E-state index in [2.05, 4.69) is 9.97 Å². The van der Waals surface area contributed by atoms with Crippen molar-refractivity contribution in [3.05, 3.63) is 47.3 Å². The Kier molecular flexibility index (Phi) is 5.43. The highest BCUT2D eigenvalue weighted by Crippen LogP contribution is 2.28. The topological polar surface area (TPSA) is 47.5 Å². The van der Waals surface area contributed by atoms with Gasteiger partial charge in [-0.25, -0.2) is 13.8 Å². The Labute approximate surface area is 145 Å². The fourth-order valence-electron chi connectivity index (χ4n) is 2.86. The molecule has 0 unspecified atom stereocenters. The summed E-state index contributed by atoms with van der Waals surface area (Å²) < 4.78 is 37.6. The molecule has 1 aliphatic heterocycles. The number of ether oxygens (including phenoxy) is 2. The van der Waals surface area contributed by atoms with Gasteiger partial charge in [0.1, 0.15) is 23.3 Å². The standard InChI is InChI=1S/C18H21F2N3O2/c1-23(11-13-3-4-14(19)9-15(13)20)16-10-17(24-2)22-18(21-16)12-5-7-25-8-6-12/h3-4,9-10,12H,5-8,11H2,1-2H3. The molecule has 1 saturated heterocycles. The van der Waals surface area contributed by atoms with Crippen LogP contribution in [0.2, 0.25) is 0 Å². The molecule has 134 valence electrons. The summed E-state index contributed by atoms with van der Waals surface area (Å²) in [6.07, 6.45) is 1.73. The van der Waals surface area contributed by atoms with Gasteiger partial charge in [0, 0.05) is 50.4 Å². The number of hydrogen-bond acceptors (Lipinski definition) is 5. The number of benzene rings is 1. The van der Waals surface area contributed by atoms with Crippen molar-refractivity contribution in [2.24, 2.45) is 0 Å². The first-order valence-corrected chi connectivity index (χ1v) is 8.22. The molecule has 1 fully saturated rings. The molecule has 0 radical (unpaired) electrons. The van der Waals surface area contributed by atoms with Crippen LogP contribution in [0.1, 0.15) is 30.1 Å². The Morgan fingerprint density at radius 1 is 1.20 bits per heavy atom. The molecule has 2 aromatic rings. The number of halogens is 2. The molecule has 0 atom stereocenters. The minimum absolute atomic E-state index is 0.221. The van der Waals surface area contributed by atoms with Gasteiger partial charge >= 0.3 is 0 Å². The van der Waals surface area contributed by atoms with Crippen LogP contribution in [-0.4, -0.2) is 37.3 Å². The van der Waals surface area contributed by atoms with Gasteiger partial charge in [-0.1, -0.05) is 6.07 Å². The lowest BCUT2D eigenvalue weighted by atomic mass is 9.99. The maximum absolute atomic E-state index is 13.9. The Bertz CT molecular complexity index is 736. The minimum atomic E-state index is -0.589. The fraction of sp³-hybridized carbons (Fsp3) is 0.444. The van der Waals surface area contributed by atoms with E-state index in [0.29, 0.717) is 36.3 Å². The molecule has 0 saturated carbocycles. The molecule has 25 heavy (non-hydrogen) atoms. The van der Waals surface area contributed by atoms with Crippen LogP contribution >= 0.6 is 0 Å². The Morgan fingerprint density at radius 3 is 2.64 bits per heavy atom. The van der Waals surface area contributed by atoms with Gasteiger partial charge in [-0.2, -0.15) is 4.98 Å². The molecule has 0 bridgehead atoms. The lowest BCUT2D eigenvalue weighted by molar-refractivity contribution is 0.0834. The van der Waals surface area contributed by atoms with Crippen molar-refractivity contribution in [2.75, 3.05) is 32.3 Å². The molecular formula is C18H21F2N3O2. The summed E-state index contributed by atoms with van der Waals surface area (Å²) in [6, 6.07) is 5.29. The van der Waals surface area contributed by atoms with Crippen molar-refractivity contribution in [3.8, 4) is 5.88 Å². The van der Waals surface area contributed by atoms with E-state index in [1.807, 2.05) is 0 Å². The fourth-order valence-corrected chi connectivity index (χ4v) is 2.86. The molecule has 1 aromatic heterocycles. The van der Waals surface area contributed by atoms with Gasteiger partial charge in [-0.05, 0) is 18.9 Å². The third-order valence-corrected chi connectivity index (χ3v) is 4.32. The van der Waals surface area contributed by atoms with Crippen molar-refractivity contribution >= 4 is 5.82 Å². The van der Waals surface area contributed by atoms with E-state index < -0.39 is 11.6 Å². The van der Waals surface area contributed by atoms with Crippen molar-refractivity contribution in [1.29, 1.82) is 0 Å². The maximum Gasteiger partial charge on any atom is 0.218 e. The summed E-state index contributed by atoms with van der Waals surface area (Å²) in [6.45, 7) is 1.65. The van der Waals surface area contributed by atoms with Crippen LogP contribution in [0.25, 0.3) is 0 Å². The molecular weight excluding hydrogens is 328 g/mol. The second-order valence-electron chi connectivity index (χ2n) is 6.11. The quantitative estimate of drug-likeness (QED) is 0.829. The highest BCUT2D eigenvalue weighted by Gasteiger charge is 2.21. The first kappa shape index (κ1) is 17.5. The highest BCUT2D eigenvalue weighted by atomic mass is 19.1. The summed E-state index contributed by atoms with van der Waals surface area (Å²) in [5, 5.41) is 0. The van der Waals surface area contributed by atoms with E-state index in [1.165, 1.54) is 12.1 Å². The van der Waals surface area contributed by atoms with Gasteiger partial charge in [-0.15, -0.1) is 0 Å². The largest absolute Gasteiger partial charge is 0.481 e. The normalized spacial score (nSPS) is 15.2. The first-order valence-electron chi connectivity index (χ1n) is 8.22. The van der Waals surface area contributed by atoms with Crippen LogP contribution < -0.4 is 9.64 Å². The summed E-state index contributed by atoms with van der Waals surface area (Å²) in [5.74, 6) is 0.879. The van der Waals surface area contributed by atoms with E-state index in [4.69, 9.17) is 9.47 Å². The second kappa shape index (κ2) is 7.74. The average molecular weight is 349 g/mol. The summed E-state index contributed by atoms with van der Waals surface area (Å²) in [4.78, 5) is 10.9. The molecule has 3 rings (SSSR count). The van der Waals surface area contributed by atoms with Crippen molar-refractivity contribution in [3.63, 3.8) is 0 Å². The van der Waals surface area contributed by atoms with Gasteiger partial charge in [0.15, 0.2) is 0 Å². The van der Waals surface area contributed by atoms with E-state index >= 15 is 0 Å². The van der Waals surface area contributed by atoms with Crippen molar-refractivity contribution < 1.29 is 18.3 Å². The van der Waals surface area contributed by atoms with E-state index in [0.717, 1.165) is 18.9 Å². The summed E-state index contributed by atoms with van der Waals surface area (Å²) in [5.41, 5.74) is 0.397. The third-order valence-electron chi connectivity index (χ3n) is 4.32. The zero-order valence-corrected chi connectivity index (χ0v) is 14.3. The first-order chi connectivity index (χ1) is 12.1. The lowest BCUT2D eigenvalue weighted by Crippen LogP contribution is -2.22. The predicted molar refractivity (Wildman–Crippen MR) is 89.8 cm³/mol. The second-order valence-corrected chi connectivity index (χ2v) is 6.11. The minimum Gasteiger partial charge on any atom is -0.481 e. The van der Waals surface area contributed by atoms with Crippen LogP contribution in [0.4, 0.5) is 14.6 Å². The molecule has 5 nitrogen and oxygen atoms in total. The van der Waals surface area contributed by atoms with E-state index in [-0.39, 0.29) is 12.5 Å². The number of aromatic nitrogens is 2. The molecule has 1 aromatic carbocycles. The molecule has 7 heteroatoms. The summed E-state index contributed by atoms with van der Waals surface area (Å²) in [7, 11) is 3.36. The number of hydrogen-bond donors (Lipinski definition) is 0. The number of nitrogens with zero attached hydrogens (tertiary/aromatic N) is 3. The maximum atomic E-state index is 13.9. The zero-order valence-electron chi connectivity index (χ0n) is 14.3. The molecule has 0 spiro atoms. The molecule has 0 amide bonds. The smallest absolute Gasteiger partial charge is 0.218 e. The van der Waals surface area contributed by atoms with Crippen LogP contribution in [0.5, 0.6) is 5.88 Å². The van der Waals surface area contributed by atoms with Crippen LogP contribution in [0, 0.1) is 11.6 Å². The third kappa shape index (κ3) is 4.22. The van der Waals surface area contributed by atoms with Gasteiger partial charge in [0.25, 0.3) is 0 Å². The molecule has 2 heterocycles. The average Bonchev–Trinajstić information content (AvgIpc) is 2.64. The molecule has 0 N–H and O–H groups in total. The van der Waals surface area contributed by atoms with E-state index in [9.17, 15) is 8.78 Å². The number of methoxy groups -OCH3 is 1. The van der Waals surface area contributed by atoms with Gasteiger partial charge < -0.3 is 14.4 Å². The number of rotatable bonds is 5. The van der Waals surface area contributed by atoms with Gasteiger partial charge in [-0.3, -0.25) is 0 Å². The lowest BCUT2D eigenvalue weighted by Gasteiger charge is -2.24. The van der Waals surface area contributed by atoms with Gasteiger partial charge in [0.2, 0.25) is 5.88 Å². The van der Waals surface area contributed by atoms with E-state index in [1.54, 1.807) is 25.1 Å². The van der Waals surface area contributed by atoms with Crippen LogP contribution in [-0.2, 0) is 11.3 Å². The Hall–Kier alpha value is -2.28. The Morgan fingerprint density at radius 2 is 1.96 bits per heavy atom. The molecule has 0 aliphatic carbocycles. The predicted octanol–water partition coefficient (Wildman–Crippen LogP) is 3.29. The number of anilines is 1. The SMILES string of the molecule is COc1cc(N(C)Cc2ccc(F)cc2F)nc(C2CCOCC2)n1. The molecule has 1 aliphatic rings. The van der Waals surface area contributed by atoms with Gasteiger partial charge in [0.05, 0.1) is 7.11 Å².